The van der Waals surface area contributed by atoms with Crippen LogP contribution in [0.25, 0.3) is 0 Å². The second-order valence-electron chi connectivity index (χ2n) is 4.82. The van der Waals surface area contributed by atoms with E-state index in [0.29, 0.717) is 19.4 Å². The van der Waals surface area contributed by atoms with Crippen LogP contribution in [0.5, 0.6) is 0 Å². The summed E-state index contributed by atoms with van der Waals surface area (Å²) in [7, 11) is 0. The molecule has 1 fully saturated rings. The Morgan fingerprint density at radius 2 is 2.10 bits per heavy atom. The summed E-state index contributed by atoms with van der Waals surface area (Å²) in [4.78, 5) is 27.2. The molecule has 1 saturated heterocycles. The third-order valence-electron chi connectivity index (χ3n) is 3.42. The van der Waals surface area contributed by atoms with Gasteiger partial charge in [-0.2, -0.15) is 0 Å². The summed E-state index contributed by atoms with van der Waals surface area (Å²) in [6, 6.07) is 7.44. The van der Waals surface area contributed by atoms with Crippen molar-refractivity contribution in [2.24, 2.45) is 0 Å². The Morgan fingerprint density at radius 1 is 1.35 bits per heavy atom. The van der Waals surface area contributed by atoms with E-state index in [0.717, 1.165) is 17.0 Å². The van der Waals surface area contributed by atoms with Crippen LogP contribution in [0.2, 0.25) is 0 Å². The normalized spacial score (nSPS) is 19.7. The van der Waals surface area contributed by atoms with E-state index >= 15 is 0 Å². The number of amides is 2. The van der Waals surface area contributed by atoms with Crippen molar-refractivity contribution in [3.8, 4) is 0 Å². The monoisotopic (exact) mass is 292 g/mol. The zero-order chi connectivity index (χ0) is 14.5. The van der Waals surface area contributed by atoms with E-state index in [1.54, 1.807) is 16.7 Å². The van der Waals surface area contributed by atoms with Gasteiger partial charge in [0.2, 0.25) is 11.8 Å². The number of hydrogen-bond donors (Lipinski definition) is 1. The second kappa shape index (κ2) is 6.79. The zero-order valence-electron chi connectivity index (χ0n) is 11.9. The molecule has 5 heteroatoms. The SMILES string of the molecule is CCCC1NC(=O)CCN(c2ccccc2SC)C1=O. The highest BCUT2D eigenvalue weighted by molar-refractivity contribution is 7.98. The molecule has 0 aliphatic carbocycles. The largest absolute Gasteiger partial charge is 0.344 e. The van der Waals surface area contributed by atoms with Gasteiger partial charge in [0.15, 0.2) is 0 Å². The third kappa shape index (κ3) is 3.15. The Hall–Kier alpha value is -1.49. The first-order chi connectivity index (χ1) is 9.67. The van der Waals surface area contributed by atoms with E-state index in [1.807, 2.05) is 37.4 Å². The lowest BCUT2D eigenvalue weighted by Crippen LogP contribution is -2.44. The molecule has 1 atom stereocenters. The van der Waals surface area contributed by atoms with Gasteiger partial charge in [0.1, 0.15) is 6.04 Å². The highest BCUT2D eigenvalue weighted by Gasteiger charge is 2.30. The van der Waals surface area contributed by atoms with Crippen molar-refractivity contribution in [3.05, 3.63) is 24.3 Å². The molecule has 1 aromatic carbocycles. The number of nitrogens with zero attached hydrogens (tertiary/aromatic N) is 1. The van der Waals surface area contributed by atoms with E-state index in [-0.39, 0.29) is 11.8 Å². The van der Waals surface area contributed by atoms with Crippen LogP contribution < -0.4 is 10.2 Å². The topological polar surface area (TPSA) is 49.4 Å². The zero-order valence-corrected chi connectivity index (χ0v) is 12.7. The lowest BCUT2D eigenvalue weighted by molar-refractivity contribution is -0.125. The minimum absolute atomic E-state index is 0.000741. The lowest BCUT2D eigenvalue weighted by atomic mass is 10.1. The minimum atomic E-state index is -0.398. The smallest absolute Gasteiger partial charge is 0.249 e. The van der Waals surface area contributed by atoms with Gasteiger partial charge in [-0.3, -0.25) is 9.59 Å². The van der Waals surface area contributed by atoms with Gasteiger partial charge in [-0.25, -0.2) is 0 Å². The van der Waals surface area contributed by atoms with Gasteiger partial charge >= 0.3 is 0 Å². The molecule has 0 bridgehead atoms. The van der Waals surface area contributed by atoms with E-state index in [9.17, 15) is 9.59 Å². The Kier molecular flexibility index (Phi) is 5.06. The fourth-order valence-corrected chi connectivity index (χ4v) is 3.02. The summed E-state index contributed by atoms with van der Waals surface area (Å²) in [5.74, 6) is -0.0415. The molecule has 4 nitrogen and oxygen atoms in total. The molecule has 0 spiro atoms. The first-order valence-corrected chi connectivity index (χ1v) is 8.13. The van der Waals surface area contributed by atoms with Gasteiger partial charge in [-0.15, -0.1) is 11.8 Å². The molecule has 2 amide bonds. The molecule has 1 unspecified atom stereocenters. The number of thioether (sulfide) groups is 1. The van der Waals surface area contributed by atoms with Gasteiger partial charge in [0.05, 0.1) is 5.69 Å². The molecule has 2 rings (SSSR count). The van der Waals surface area contributed by atoms with Crippen LogP contribution in [-0.4, -0.2) is 30.7 Å². The lowest BCUT2D eigenvalue weighted by Gasteiger charge is -2.25. The average molecular weight is 292 g/mol. The number of anilines is 1. The number of carbonyl (C=O) groups excluding carboxylic acids is 2. The Morgan fingerprint density at radius 3 is 2.80 bits per heavy atom. The van der Waals surface area contributed by atoms with Crippen molar-refractivity contribution in [1.82, 2.24) is 5.32 Å². The minimum Gasteiger partial charge on any atom is -0.344 e. The highest BCUT2D eigenvalue weighted by atomic mass is 32.2. The number of rotatable bonds is 4. The van der Waals surface area contributed by atoms with E-state index in [2.05, 4.69) is 5.32 Å². The van der Waals surface area contributed by atoms with Gasteiger partial charge < -0.3 is 10.2 Å². The van der Waals surface area contributed by atoms with Crippen LogP contribution >= 0.6 is 11.8 Å². The molecular weight excluding hydrogens is 272 g/mol. The van der Waals surface area contributed by atoms with Crippen LogP contribution in [-0.2, 0) is 9.59 Å². The molecule has 1 aliphatic rings. The van der Waals surface area contributed by atoms with Crippen LogP contribution in [0.1, 0.15) is 26.2 Å². The van der Waals surface area contributed by atoms with Crippen LogP contribution in [0.15, 0.2) is 29.2 Å². The molecule has 1 heterocycles. The summed E-state index contributed by atoms with van der Waals surface area (Å²) in [5, 5.41) is 2.83. The maximum absolute atomic E-state index is 12.7. The number of para-hydroxylation sites is 1. The maximum atomic E-state index is 12.7. The molecule has 1 N–H and O–H groups in total. The summed E-state index contributed by atoms with van der Waals surface area (Å²) in [6.07, 6.45) is 3.90. The molecule has 0 aromatic heterocycles. The molecule has 108 valence electrons. The maximum Gasteiger partial charge on any atom is 0.249 e. The first kappa shape index (κ1) is 14.9. The van der Waals surface area contributed by atoms with Crippen molar-refractivity contribution >= 4 is 29.3 Å². The predicted octanol–water partition coefficient (Wildman–Crippen LogP) is 2.43. The Balaban J connectivity index is 2.33. The van der Waals surface area contributed by atoms with Crippen LogP contribution in [0.4, 0.5) is 5.69 Å². The Labute approximate surface area is 123 Å². The predicted molar refractivity (Wildman–Crippen MR) is 82.0 cm³/mol. The van der Waals surface area contributed by atoms with E-state index < -0.39 is 6.04 Å². The molecule has 1 aliphatic heterocycles. The summed E-state index contributed by atoms with van der Waals surface area (Å²) in [6.45, 7) is 2.47. The van der Waals surface area contributed by atoms with E-state index in [4.69, 9.17) is 0 Å². The van der Waals surface area contributed by atoms with Crippen molar-refractivity contribution in [2.45, 2.75) is 37.1 Å². The Bertz CT molecular complexity index is 504. The fraction of sp³-hybridized carbons (Fsp3) is 0.467. The van der Waals surface area contributed by atoms with E-state index in [1.165, 1.54) is 0 Å². The van der Waals surface area contributed by atoms with Crippen LogP contribution in [0, 0.1) is 0 Å². The van der Waals surface area contributed by atoms with Crippen molar-refractivity contribution in [2.75, 3.05) is 17.7 Å². The molecule has 0 saturated carbocycles. The van der Waals surface area contributed by atoms with Gasteiger partial charge in [0, 0.05) is 17.9 Å². The van der Waals surface area contributed by atoms with Gasteiger partial charge in [0.25, 0.3) is 0 Å². The van der Waals surface area contributed by atoms with Crippen molar-refractivity contribution in [1.29, 1.82) is 0 Å². The highest BCUT2D eigenvalue weighted by Crippen LogP contribution is 2.29. The molecule has 20 heavy (non-hydrogen) atoms. The second-order valence-corrected chi connectivity index (χ2v) is 5.67. The standard InChI is InChI=1S/C15H20N2O2S/c1-3-6-11-15(19)17(10-9-14(18)16-11)12-7-4-5-8-13(12)20-2/h4-5,7-8,11H,3,6,9-10H2,1-2H3,(H,16,18). The van der Waals surface area contributed by atoms with Crippen LogP contribution in [0.3, 0.4) is 0 Å². The molecule has 1 aromatic rings. The quantitative estimate of drug-likeness (QED) is 0.867. The van der Waals surface area contributed by atoms with Crippen molar-refractivity contribution < 1.29 is 9.59 Å². The number of hydrogen-bond acceptors (Lipinski definition) is 3. The number of carbonyl (C=O) groups is 2. The molecular formula is C15H20N2O2S. The summed E-state index contributed by atoms with van der Waals surface area (Å²) in [5.41, 5.74) is 0.905. The third-order valence-corrected chi connectivity index (χ3v) is 4.20. The van der Waals surface area contributed by atoms with Gasteiger partial charge in [-0.05, 0) is 24.8 Å². The summed E-state index contributed by atoms with van der Waals surface area (Å²) >= 11 is 1.61. The molecule has 0 radical (unpaired) electrons. The summed E-state index contributed by atoms with van der Waals surface area (Å²) < 4.78 is 0. The van der Waals surface area contributed by atoms with Crippen molar-refractivity contribution in [3.63, 3.8) is 0 Å². The average Bonchev–Trinajstić information content (AvgIpc) is 2.59. The number of benzene rings is 1. The van der Waals surface area contributed by atoms with Gasteiger partial charge in [-0.1, -0.05) is 25.5 Å². The number of nitrogens with one attached hydrogen (secondary N) is 1. The first-order valence-electron chi connectivity index (χ1n) is 6.91. The fourth-order valence-electron chi connectivity index (χ4n) is 2.42.